The van der Waals surface area contributed by atoms with Crippen LogP contribution in [0.15, 0.2) is 30.3 Å². The maximum Gasteiger partial charge on any atom is 0.337 e. The van der Waals surface area contributed by atoms with Crippen molar-refractivity contribution in [2.45, 2.75) is 6.92 Å². The standard InChI is InChI=1S/C12H11NO2/c1-7-3-2-4-8-5-6-9(12(14)15)11(13)10(7)8/h2-6H,13H2,1H3,(H,14,15). The number of hydrogen-bond acceptors (Lipinski definition) is 2. The molecule has 2 aromatic carbocycles. The second-order valence-corrected chi connectivity index (χ2v) is 3.50. The van der Waals surface area contributed by atoms with E-state index in [4.69, 9.17) is 10.8 Å². The van der Waals surface area contributed by atoms with Gasteiger partial charge in [0.15, 0.2) is 0 Å². The average Bonchev–Trinajstić information content (AvgIpc) is 2.17. The molecule has 0 aromatic heterocycles. The minimum atomic E-state index is -0.988. The highest BCUT2D eigenvalue weighted by molar-refractivity contribution is 6.06. The van der Waals surface area contributed by atoms with E-state index >= 15 is 0 Å². The van der Waals surface area contributed by atoms with Crippen LogP contribution in [0.1, 0.15) is 15.9 Å². The number of anilines is 1. The van der Waals surface area contributed by atoms with Gasteiger partial charge in [0.05, 0.1) is 11.3 Å². The van der Waals surface area contributed by atoms with Crippen LogP contribution in [0.3, 0.4) is 0 Å². The summed E-state index contributed by atoms with van der Waals surface area (Å²) in [4.78, 5) is 10.9. The molecule has 0 bridgehead atoms. The topological polar surface area (TPSA) is 63.3 Å². The average molecular weight is 201 g/mol. The van der Waals surface area contributed by atoms with E-state index in [0.717, 1.165) is 16.3 Å². The van der Waals surface area contributed by atoms with E-state index < -0.39 is 5.97 Å². The molecule has 3 nitrogen and oxygen atoms in total. The largest absolute Gasteiger partial charge is 0.478 e. The summed E-state index contributed by atoms with van der Waals surface area (Å²) in [7, 11) is 0. The Morgan fingerprint density at radius 2 is 2.00 bits per heavy atom. The Morgan fingerprint density at radius 1 is 1.27 bits per heavy atom. The highest BCUT2D eigenvalue weighted by atomic mass is 16.4. The lowest BCUT2D eigenvalue weighted by Gasteiger charge is -2.08. The van der Waals surface area contributed by atoms with Gasteiger partial charge in [-0.3, -0.25) is 0 Å². The molecule has 0 aliphatic carbocycles. The predicted octanol–water partition coefficient (Wildman–Crippen LogP) is 2.43. The summed E-state index contributed by atoms with van der Waals surface area (Å²) < 4.78 is 0. The van der Waals surface area contributed by atoms with Gasteiger partial charge in [0.1, 0.15) is 0 Å². The van der Waals surface area contributed by atoms with Crippen molar-refractivity contribution in [3.8, 4) is 0 Å². The summed E-state index contributed by atoms with van der Waals surface area (Å²) in [5.41, 5.74) is 7.34. The highest BCUT2D eigenvalue weighted by Crippen LogP contribution is 2.27. The molecule has 0 aliphatic rings. The third-order valence-corrected chi connectivity index (χ3v) is 2.52. The zero-order chi connectivity index (χ0) is 11.0. The van der Waals surface area contributed by atoms with Gasteiger partial charge < -0.3 is 10.8 Å². The van der Waals surface area contributed by atoms with Gasteiger partial charge in [-0.2, -0.15) is 0 Å². The third-order valence-electron chi connectivity index (χ3n) is 2.52. The first kappa shape index (κ1) is 9.52. The minimum absolute atomic E-state index is 0.164. The summed E-state index contributed by atoms with van der Waals surface area (Å²) in [5.74, 6) is -0.988. The number of nitrogen functional groups attached to an aromatic ring is 1. The summed E-state index contributed by atoms with van der Waals surface area (Å²) in [6.07, 6.45) is 0. The number of fused-ring (bicyclic) bond motifs is 1. The van der Waals surface area contributed by atoms with E-state index in [-0.39, 0.29) is 5.56 Å². The minimum Gasteiger partial charge on any atom is -0.478 e. The third kappa shape index (κ3) is 1.42. The smallest absolute Gasteiger partial charge is 0.337 e. The van der Waals surface area contributed by atoms with Crippen LogP contribution < -0.4 is 5.73 Å². The molecule has 0 atom stereocenters. The van der Waals surface area contributed by atoms with Gasteiger partial charge in [-0.05, 0) is 23.9 Å². The molecule has 0 amide bonds. The summed E-state index contributed by atoms with van der Waals surface area (Å²) in [5, 5.41) is 10.7. The molecule has 0 spiro atoms. The van der Waals surface area contributed by atoms with Crippen LogP contribution in [0.5, 0.6) is 0 Å². The SMILES string of the molecule is Cc1cccc2ccc(C(=O)O)c(N)c12. The second-order valence-electron chi connectivity index (χ2n) is 3.50. The van der Waals surface area contributed by atoms with Gasteiger partial charge >= 0.3 is 5.97 Å². The molecule has 0 unspecified atom stereocenters. The lowest BCUT2D eigenvalue weighted by molar-refractivity contribution is 0.0698. The first-order chi connectivity index (χ1) is 7.11. The fraction of sp³-hybridized carbons (Fsp3) is 0.0833. The predicted molar refractivity (Wildman–Crippen MR) is 60.1 cm³/mol. The molecule has 0 heterocycles. The second kappa shape index (κ2) is 3.28. The number of hydrogen-bond donors (Lipinski definition) is 2. The molecule has 0 radical (unpaired) electrons. The van der Waals surface area contributed by atoms with Crippen molar-refractivity contribution >= 4 is 22.4 Å². The van der Waals surface area contributed by atoms with Crippen LogP contribution in [0, 0.1) is 6.92 Å². The molecule has 76 valence electrons. The van der Waals surface area contributed by atoms with Gasteiger partial charge in [0.25, 0.3) is 0 Å². The molecule has 2 rings (SSSR count). The van der Waals surface area contributed by atoms with E-state index in [1.54, 1.807) is 12.1 Å². The number of carboxylic acids is 1. The first-order valence-corrected chi connectivity index (χ1v) is 4.62. The van der Waals surface area contributed by atoms with E-state index in [1.807, 2.05) is 25.1 Å². The molecule has 0 saturated heterocycles. The van der Waals surface area contributed by atoms with Crippen LogP contribution in [0.25, 0.3) is 10.8 Å². The lowest BCUT2D eigenvalue weighted by atomic mass is 10.0. The molecule has 3 N–H and O–H groups in total. The van der Waals surface area contributed by atoms with Crippen molar-refractivity contribution < 1.29 is 9.90 Å². The van der Waals surface area contributed by atoms with E-state index in [0.29, 0.717) is 5.69 Å². The van der Waals surface area contributed by atoms with Gasteiger partial charge in [-0.25, -0.2) is 4.79 Å². The van der Waals surface area contributed by atoms with Crippen molar-refractivity contribution in [2.75, 3.05) is 5.73 Å². The van der Waals surface area contributed by atoms with Gasteiger partial charge in [0.2, 0.25) is 0 Å². The fourth-order valence-corrected chi connectivity index (χ4v) is 1.78. The molecule has 15 heavy (non-hydrogen) atoms. The molecular formula is C12H11NO2. The summed E-state index contributed by atoms with van der Waals surface area (Å²) >= 11 is 0. The number of aromatic carboxylic acids is 1. The highest BCUT2D eigenvalue weighted by Gasteiger charge is 2.11. The zero-order valence-corrected chi connectivity index (χ0v) is 8.32. The van der Waals surface area contributed by atoms with Crippen molar-refractivity contribution in [3.05, 3.63) is 41.5 Å². The van der Waals surface area contributed by atoms with E-state index in [2.05, 4.69) is 0 Å². The number of rotatable bonds is 1. The Bertz CT molecular complexity index is 547. The fourth-order valence-electron chi connectivity index (χ4n) is 1.78. The van der Waals surface area contributed by atoms with Crippen LogP contribution in [0.4, 0.5) is 5.69 Å². The van der Waals surface area contributed by atoms with E-state index in [1.165, 1.54) is 0 Å². The Kier molecular flexibility index (Phi) is 2.08. The van der Waals surface area contributed by atoms with Gasteiger partial charge in [-0.15, -0.1) is 0 Å². The van der Waals surface area contributed by atoms with Crippen molar-refractivity contribution in [1.82, 2.24) is 0 Å². The molecule has 0 aliphatic heterocycles. The van der Waals surface area contributed by atoms with Crippen LogP contribution in [-0.2, 0) is 0 Å². The van der Waals surface area contributed by atoms with Crippen molar-refractivity contribution in [1.29, 1.82) is 0 Å². The number of aryl methyl sites for hydroxylation is 1. The summed E-state index contributed by atoms with van der Waals surface area (Å²) in [6.45, 7) is 1.92. The Hall–Kier alpha value is -2.03. The van der Waals surface area contributed by atoms with Crippen molar-refractivity contribution in [2.24, 2.45) is 0 Å². The van der Waals surface area contributed by atoms with E-state index in [9.17, 15) is 4.79 Å². The quantitative estimate of drug-likeness (QED) is 0.696. The number of carboxylic acid groups (broad SMARTS) is 1. The molecule has 0 fully saturated rings. The van der Waals surface area contributed by atoms with Gasteiger partial charge in [-0.1, -0.05) is 24.3 Å². The molecule has 2 aromatic rings. The van der Waals surface area contributed by atoms with Crippen LogP contribution in [-0.4, -0.2) is 11.1 Å². The lowest BCUT2D eigenvalue weighted by Crippen LogP contribution is -2.03. The molecule has 3 heteroatoms. The number of carbonyl (C=O) groups is 1. The van der Waals surface area contributed by atoms with Crippen molar-refractivity contribution in [3.63, 3.8) is 0 Å². The van der Waals surface area contributed by atoms with Crippen LogP contribution in [0.2, 0.25) is 0 Å². The van der Waals surface area contributed by atoms with Crippen LogP contribution >= 0.6 is 0 Å². The Balaban J connectivity index is 2.89. The molecule has 0 saturated carbocycles. The maximum atomic E-state index is 10.9. The monoisotopic (exact) mass is 201 g/mol. The normalized spacial score (nSPS) is 10.5. The number of benzene rings is 2. The van der Waals surface area contributed by atoms with Gasteiger partial charge in [0, 0.05) is 5.39 Å². The summed E-state index contributed by atoms with van der Waals surface area (Å²) in [6, 6.07) is 9.09. The molecular weight excluding hydrogens is 190 g/mol. The number of nitrogens with two attached hydrogens (primary N) is 1. The Morgan fingerprint density at radius 3 is 2.67 bits per heavy atom. The Labute approximate surface area is 87.1 Å². The first-order valence-electron chi connectivity index (χ1n) is 4.62. The zero-order valence-electron chi connectivity index (χ0n) is 8.32. The maximum absolute atomic E-state index is 10.9.